The molecule has 34 heavy (non-hydrogen) atoms. The van der Waals surface area contributed by atoms with E-state index in [1.54, 1.807) is 6.33 Å². The highest BCUT2D eigenvalue weighted by molar-refractivity contribution is 5.93. The van der Waals surface area contributed by atoms with Gasteiger partial charge in [-0.2, -0.15) is 0 Å². The van der Waals surface area contributed by atoms with E-state index in [-0.39, 0.29) is 6.04 Å². The third kappa shape index (κ3) is 4.86. The number of aromatic nitrogens is 2. The summed E-state index contributed by atoms with van der Waals surface area (Å²) in [6.07, 6.45) is 5.57. The van der Waals surface area contributed by atoms with Crippen LogP contribution in [0.3, 0.4) is 0 Å². The Bertz CT molecular complexity index is 1290. The summed E-state index contributed by atoms with van der Waals surface area (Å²) in [6, 6.07) is 21.8. The number of hydrogen-bond acceptors (Lipinski definition) is 4. The van der Waals surface area contributed by atoms with Crippen LogP contribution >= 0.6 is 0 Å². The van der Waals surface area contributed by atoms with Crippen molar-refractivity contribution in [2.24, 2.45) is 10.9 Å². The minimum absolute atomic E-state index is 0.0958. The molecule has 2 unspecified atom stereocenters. The summed E-state index contributed by atoms with van der Waals surface area (Å²) >= 11 is 0. The molecule has 4 heteroatoms. The zero-order chi connectivity index (χ0) is 24.1. The van der Waals surface area contributed by atoms with E-state index in [2.05, 4.69) is 109 Å². The summed E-state index contributed by atoms with van der Waals surface area (Å²) < 4.78 is 0. The number of benzene rings is 3. The molecular weight excluding hydrogens is 416 g/mol. The lowest BCUT2D eigenvalue weighted by atomic mass is 9.86. The van der Waals surface area contributed by atoms with Crippen LogP contribution in [0.25, 0.3) is 21.9 Å². The normalized spacial score (nSPS) is 13.3. The standard InChI is InChI=1S/C30H34N4/c1-6-20(3)18-31-29-22(5)30(33-19-32-29)34-27(7-2)26-17-24-15-11-12-16-25(24)21(4)28(26)23-13-9-8-10-14-23/h8-20,27H,6-7H2,1-5H3,(H,32,33,34). The van der Waals surface area contributed by atoms with Gasteiger partial charge in [0, 0.05) is 11.8 Å². The summed E-state index contributed by atoms with van der Waals surface area (Å²) in [5, 5.41) is 6.28. The molecule has 0 radical (unpaired) electrons. The Morgan fingerprint density at radius 3 is 2.38 bits per heavy atom. The highest BCUT2D eigenvalue weighted by Crippen LogP contribution is 2.39. The van der Waals surface area contributed by atoms with Crippen molar-refractivity contribution in [3.05, 3.63) is 83.7 Å². The summed E-state index contributed by atoms with van der Waals surface area (Å²) in [5.74, 6) is 1.98. The SMILES string of the molecule is CCC(C)C=Nc1ncnc(NC(CC)c2cc3ccccc3c(C)c2-c2ccccc2)c1C. The van der Waals surface area contributed by atoms with Crippen molar-refractivity contribution in [2.45, 2.75) is 53.5 Å². The maximum atomic E-state index is 4.65. The lowest BCUT2D eigenvalue weighted by molar-refractivity contribution is 0.744. The fourth-order valence-corrected chi connectivity index (χ4v) is 4.40. The highest BCUT2D eigenvalue weighted by Gasteiger charge is 2.20. The Morgan fingerprint density at radius 1 is 0.912 bits per heavy atom. The molecule has 1 N–H and O–H groups in total. The maximum Gasteiger partial charge on any atom is 0.159 e. The number of rotatable bonds is 8. The van der Waals surface area contributed by atoms with Crippen molar-refractivity contribution < 1.29 is 0 Å². The van der Waals surface area contributed by atoms with Gasteiger partial charge in [-0.05, 0) is 71.7 Å². The van der Waals surface area contributed by atoms with Crippen molar-refractivity contribution in [2.75, 3.05) is 5.32 Å². The fraction of sp³-hybridized carbons (Fsp3) is 0.300. The maximum absolute atomic E-state index is 4.65. The van der Waals surface area contributed by atoms with Crippen molar-refractivity contribution in [1.29, 1.82) is 0 Å². The van der Waals surface area contributed by atoms with Gasteiger partial charge in [0.05, 0.1) is 6.04 Å². The molecule has 174 valence electrons. The van der Waals surface area contributed by atoms with Gasteiger partial charge < -0.3 is 5.32 Å². The molecule has 0 amide bonds. The number of aliphatic imine (C=N–C) groups is 1. The van der Waals surface area contributed by atoms with Crippen molar-refractivity contribution in [3.63, 3.8) is 0 Å². The molecule has 0 bridgehead atoms. The van der Waals surface area contributed by atoms with Crippen molar-refractivity contribution >= 4 is 28.6 Å². The van der Waals surface area contributed by atoms with E-state index in [1.165, 1.54) is 33.0 Å². The molecule has 3 aromatic carbocycles. The molecule has 0 aliphatic carbocycles. The molecule has 0 spiro atoms. The van der Waals surface area contributed by atoms with Crippen LogP contribution in [0.5, 0.6) is 0 Å². The minimum Gasteiger partial charge on any atom is -0.363 e. The third-order valence-electron chi connectivity index (χ3n) is 6.65. The largest absolute Gasteiger partial charge is 0.363 e. The van der Waals surface area contributed by atoms with Gasteiger partial charge in [0.15, 0.2) is 5.82 Å². The first kappa shape index (κ1) is 23.6. The van der Waals surface area contributed by atoms with Crippen LogP contribution in [0.4, 0.5) is 11.6 Å². The van der Waals surface area contributed by atoms with E-state index in [0.717, 1.165) is 30.0 Å². The topological polar surface area (TPSA) is 50.2 Å². The summed E-state index contributed by atoms with van der Waals surface area (Å²) in [7, 11) is 0. The van der Waals surface area contributed by atoms with Crippen LogP contribution in [-0.4, -0.2) is 16.2 Å². The van der Waals surface area contributed by atoms with E-state index >= 15 is 0 Å². The van der Waals surface area contributed by atoms with Gasteiger partial charge in [0.1, 0.15) is 12.1 Å². The van der Waals surface area contributed by atoms with Gasteiger partial charge in [-0.1, -0.05) is 75.4 Å². The Kier molecular flexibility index (Phi) is 7.36. The van der Waals surface area contributed by atoms with Gasteiger partial charge in [-0.15, -0.1) is 0 Å². The average Bonchev–Trinajstić information content (AvgIpc) is 2.87. The van der Waals surface area contributed by atoms with Crippen LogP contribution < -0.4 is 5.32 Å². The number of hydrogen-bond donors (Lipinski definition) is 1. The molecule has 0 aliphatic heterocycles. The number of aryl methyl sites for hydroxylation is 1. The van der Waals surface area contributed by atoms with Gasteiger partial charge in [0.25, 0.3) is 0 Å². The molecule has 0 saturated carbocycles. The van der Waals surface area contributed by atoms with Crippen LogP contribution in [-0.2, 0) is 0 Å². The highest BCUT2D eigenvalue weighted by atomic mass is 15.1. The monoisotopic (exact) mass is 450 g/mol. The van der Waals surface area contributed by atoms with Gasteiger partial charge in [-0.3, -0.25) is 0 Å². The average molecular weight is 451 g/mol. The Morgan fingerprint density at radius 2 is 1.65 bits per heavy atom. The van der Waals surface area contributed by atoms with Crippen LogP contribution in [0, 0.1) is 19.8 Å². The Hall–Kier alpha value is -3.53. The molecule has 4 nitrogen and oxygen atoms in total. The van der Waals surface area contributed by atoms with E-state index < -0.39 is 0 Å². The summed E-state index contributed by atoms with van der Waals surface area (Å²) in [5.41, 5.74) is 6.09. The number of nitrogens with one attached hydrogen (secondary N) is 1. The van der Waals surface area contributed by atoms with E-state index in [9.17, 15) is 0 Å². The molecule has 1 aromatic heterocycles. The molecule has 0 aliphatic rings. The molecule has 2 atom stereocenters. The van der Waals surface area contributed by atoms with Crippen LogP contribution in [0.2, 0.25) is 0 Å². The second-order valence-electron chi connectivity index (χ2n) is 8.99. The second-order valence-corrected chi connectivity index (χ2v) is 8.99. The van der Waals surface area contributed by atoms with Crippen LogP contribution in [0.15, 0.2) is 72.0 Å². The predicted molar refractivity (Wildman–Crippen MR) is 145 cm³/mol. The second kappa shape index (κ2) is 10.6. The van der Waals surface area contributed by atoms with E-state index in [0.29, 0.717) is 5.92 Å². The zero-order valence-corrected chi connectivity index (χ0v) is 20.8. The first-order valence-electron chi connectivity index (χ1n) is 12.2. The number of anilines is 1. The van der Waals surface area contributed by atoms with Gasteiger partial charge >= 0.3 is 0 Å². The summed E-state index contributed by atoms with van der Waals surface area (Å²) in [6.45, 7) is 10.8. The molecule has 1 heterocycles. The first-order valence-corrected chi connectivity index (χ1v) is 12.2. The van der Waals surface area contributed by atoms with Gasteiger partial charge in [0.2, 0.25) is 0 Å². The number of nitrogens with zero attached hydrogens (tertiary/aromatic N) is 3. The lowest BCUT2D eigenvalue weighted by Gasteiger charge is -2.25. The zero-order valence-electron chi connectivity index (χ0n) is 20.8. The molecule has 4 aromatic rings. The van der Waals surface area contributed by atoms with E-state index in [1.807, 2.05) is 13.1 Å². The van der Waals surface area contributed by atoms with Crippen LogP contribution in [0.1, 0.15) is 56.3 Å². The minimum atomic E-state index is 0.0958. The van der Waals surface area contributed by atoms with Crippen molar-refractivity contribution in [3.8, 4) is 11.1 Å². The molecular formula is C30H34N4. The Balaban J connectivity index is 1.80. The molecule has 0 saturated heterocycles. The van der Waals surface area contributed by atoms with E-state index in [4.69, 9.17) is 0 Å². The fourth-order valence-electron chi connectivity index (χ4n) is 4.40. The number of fused-ring (bicyclic) bond motifs is 1. The van der Waals surface area contributed by atoms with Gasteiger partial charge in [-0.25, -0.2) is 15.0 Å². The quantitative estimate of drug-likeness (QED) is 0.275. The van der Waals surface area contributed by atoms with Crippen molar-refractivity contribution in [1.82, 2.24) is 9.97 Å². The predicted octanol–water partition coefficient (Wildman–Crippen LogP) is 8.23. The third-order valence-corrected chi connectivity index (χ3v) is 6.65. The molecule has 0 fully saturated rings. The lowest BCUT2D eigenvalue weighted by Crippen LogP contribution is -2.14. The Labute approximate surface area is 203 Å². The smallest absolute Gasteiger partial charge is 0.159 e. The first-order chi connectivity index (χ1) is 16.5. The molecule has 4 rings (SSSR count). The summed E-state index contributed by atoms with van der Waals surface area (Å²) in [4.78, 5) is 13.7.